The van der Waals surface area contributed by atoms with Gasteiger partial charge in [0.25, 0.3) is 0 Å². The molecule has 1 aliphatic rings. The molecule has 0 spiro atoms. The Balaban J connectivity index is 2.29. The van der Waals surface area contributed by atoms with Crippen LogP contribution in [0, 0.1) is 11.8 Å². The SMILES string of the molecule is CC(C)[C@@]1(OC(=O)OCCCCCCCO)CCCCC1C. The fraction of sp³-hybridized carbons (Fsp3) is 0.944. The molecule has 0 aromatic carbocycles. The van der Waals surface area contributed by atoms with Gasteiger partial charge in [-0.2, -0.15) is 0 Å². The lowest BCUT2D eigenvalue weighted by molar-refractivity contribution is -0.110. The topological polar surface area (TPSA) is 55.8 Å². The van der Waals surface area contributed by atoms with E-state index in [2.05, 4.69) is 20.8 Å². The number of aliphatic hydroxyl groups excluding tert-OH is 1. The Kier molecular flexibility index (Phi) is 8.84. The summed E-state index contributed by atoms with van der Waals surface area (Å²) in [5, 5.41) is 8.70. The Morgan fingerprint density at radius 1 is 1.18 bits per heavy atom. The maximum absolute atomic E-state index is 12.0. The Morgan fingerprint density at radius 2 is 1.86 bits per heavy atom. The van der Waals surface area contributed by atoms with Crippen molar-refractivity contribution in [1.29, 1.82) is 0 Å². The van der Waals surface area contributed by atoms with Gasteiger partial charge in [-0.1, -0.05) is 46.5 Å². The fourth-order valence-electron chi connectivity index (χ4n) is 3.55. The third-order valence-electron chi connectivity index (χ3n) is 5.06. The highest BCUT2D eigenvalue weighted by Crippen LogP contribution is 2.42. The molecular formula is C18H34O4. The standard InChI is InChI=1S/C18H34O4/c1-15(2)18(12-8-7-11-16(18)3)22-17(20)21-14-10-6-4-5-9-13-19/h15-16,19H,4-14H2,1-3H3/t16?,18-/m0/s1. The third kappa shape index (κ3) is 5.79. The molecule has 0 saturated heterocycles. The average Bonchev–Trinajstić information content (AvgIpc) is 2.48. The van der Waals surface area contributed by atoms with Crippen molar-refractivity contribution in [2.24, 2.45) is 11.8 Å². The molecule has 1 saturated carbocycles. The van der Waals surface area contributed by atoms with Crippen LogP contribution in [-0.2, 0) is 9.47 Å². The smallest absolute Gasteiger partial charge is 0.434 e. The second-order valence-electron chi connectivity index (χ2n) is 6.95. The first kappa shape index (κ1) is 19.3. The summed E-state index contributed by atoms with van der Waals surface area (Å²) in [7, 11) is 0. The predicted molar refractivity (Wildman–Crippen MR) is 87.8 cm³/mol. The monoisotopic (exact) mass is 314 g/mol. The van der Waals surface area contributed by atoms with Crippen LogP contribution in [0.1, 0.15) is 78.6 Å². The first-order valence-electron chi connectivity index (χ1n) is 8.99. The van der Waals surface area contributed by atoms with E-state index in [0.717, 1.165) is 51.4 Å². The van der Waals surface area contributed by atoms with Crippen molar-refractivity contribution in [3.63, 3.8) is 0 Å². The number of hydrogen-bond donors (Lipinski definition) is 1. The number of carbonyl (C=O) groups excluding carboxylic acids is 1. The number of ether oxygens (including phenoxy) is 2. The minimum atomic E-state index is -0.502. The molecule has 0 radical (unpaired) electrons. The zero-order valence-corrected chi connectivity index (χ0v) is 14.6. The largest absolute Gasteiger partial charge is 0.508 e. The maximum Gasteiger partial charge on any atom is 0.508 e. The lowest BCUT2D eigenvalue weighted by Crippen LogP contribution is -2.48. The second kappa shape index (κ2) is 10.1. The first-order valence-corrected chi connectivity index (χ1v) is 8.99. The molecule has 0 aromatic rings. The molecule has 4 heteroatoms. The molecule has 1 rings (SSSR count). The van der Waals surface area contributed by atoms with Crippen LogP contribution in [0.5, 0.6) is 0 Å². The van der Waals surface area contributed by atoms with Gasteiger partial charge in [0.2, 0.25) is 0 Å². The molecule has 4 nitrogen and oxygen atoms in total. The van der Waals surface area contributed by atoms with Crippen molar-refractivity contribution in [3.8, 4) is 0 Å². The van der Waals surface area contributed by atoms with Gasteiger partial charge < -0.3 is 14.6 Å². The van der Waals surface area contributed by atoms with Gasteiger partial charge in [0.1, 0.15) is 5.60 Å². The molecule has 0 aliphatic heterocycles. The van der Waals surface area contributed by atoms with E-state index in [-0.39, 0.29) is 12.2 Å². The number of unbranched alkanes of at least 4 members (excludes halogenated alkanes) is 4. The Hall–Kier alpha value is -0.770. The second-order valence-corrected chi connectivity index (χ2v) is 6.95. The predicted octanol–water partition coefficient (Wildman–Crippen LogP) is 4.69. The summed E-state index contributed by atoms with van der Waals surface area (Å²) in [4.78, 5) is 12.0. The van der Waals surface area contributed by atoms with Crippen LogP contribution in [0.2, 0.25) is 0 Å². The van der Waals surface area contributed by atoms with Gasteiger partial charge in [-0.3, -0.25) is 0 Å². The van der Waals surface area contributed by atoms with Gasteiger partial charge in [-0.15, -0.1) is 0 Å². The Bertz CT molecular complexity index is 316. The summed E-state index contributed by atoms with van der Waals surface area (Å²) in [6.45, 7) is 7.15. The molecule has 1 N–H and O–H groups in total. The molecule has 0 amide bonds. The lowest BCUT2D eigenvalue weighted by Gasteiger charge is -2.44. The van der Waals surface area contributed by atoms with Gasteiger partial charge in [-0.05, 0) is 43.9 Å². The van der Waals surface area contributed by atoms with Crippen molar-refractivity contribution < 1.29 is 19.4 Å². The molecule has 0 bridgehead atoms. The molecule has 1 aliphatic carbocycles. The maximum atomic E-state index is 12.0. The van der Waals surface area contributed by atoms with Gasteiger partial charge >= 0.3 is 6.16 Å². The van der Waals surface area contributed by atoms with E-state index in [1.807, 2.05) is 0 Å². The highest BCUT2D eigenvalue weighted by atomic mass is 16.7. The van der Waals surface area contributed by atoms with Crippen LogP contribution in [0.25, 0.3) is 0 Å². The highest BCUT2D eigenvalue weighted by Gasteiger charge is 2.44. The molecule has 0 heterocycles. The molecular weight excluding hydrogens is 280 g/mol. The molecule has 2 atom stereocenters. The summed E-state index contributed by atoms with van der Waals surface area (Å²) in [5.41, 5.74) is -0.351. The van der Waals surface area contributed by atoms with Gasteiger partial charge in [0, 0.05) is 6.61 Å². The van der Waals surface area contributed by atoms with E-state index in [9.17, 15) is 4.79 Å². The minimum Gasteiger partial charge on any atom is -0.434 e. The fourth-order valence-corrected chi connectivity index (χ4v) is 3.55. The minimum absolute atomic E-state index is 0.262. The summed E-state index contributed by atoms with van der Waals surface area (Å²) >= 11 is 0. The van der Waals surface area contributed by atoms with E-state index in [4.69, 9.17) is 14.6 Å². The van der Waals surface area contributed by atoms with Crippen molar-refractivity contribution >= 4 is 6.16 Å². The van der Waals surface area contributed by atoms with Crippen LogP contribution < -0.4 is 0 Å². The van der Waals surface area contributed by atoms with Crippen molar-refractivity contribution in [3.05, 3.63) is 0 Å². The summed E-state index contributed by atoms with van der Waals surface area (Å²) < 4.78 is 11.1. The molecule has 1 fully saturated rings. The first-order chi connectivity index (χ1) is 10.5. The quantitative estimate of drug-likeness (QED) is 0.495. The molecule has 22 heavy (non-hydrogen) atoms. The van der Waals surface area contributed by atoms with Crippen LogP contribution in [0.3, 0.4) is 0 Å². The van der Waals surface area contributed by atoms with E-state index >= 15 is 0 Å². The van der Waals surface area contributed by atoms with Crippen LogP contribution in [-0.4, -0.2) is 30.1 Å². The number of hydrogen-bond acceptors (Lipinski definition) is 4. The normalized spacial score (nSPS) is 25.2. The third-order valence-corrected chi connectivity index (χ3v) is 5.06. The van der Waals surface area contributed by atoms with Crippen molar-refractivity contribution in [2.75, 3.05) is 13.2 Å². The molecule has 130 valence electrons. The van der Waals surface area contributed by atoms with E-state index in [0.29, 0.717) is 18.4 Å². The Morgan fingerprint density at radius 3 is 2.50 bits per heavy atom. The van der Waals surface area contributed by atoms with E-state index in [1.54, 1.807) is 0 Å². The zero-order valence-electron chi connectivity index (χ0n) is 14.6. The van der Waals surface area contributed by atoms with Gasteiger partial charge in [0.15, 0.2) is 0 Å². The van der Waals surface area contributed by atoms with Crippen molar-refractivity contribution in [2.45, 2.75) is 84.2 Å². The molecule has 1 unspecified atom stereocenters. The van der Waals surface area contributed by atoms with Gasteiger partial charge in [-0.25, -0.2) is 4.79 Å². The summed E-state index contributed by atoms with van der Waals surface area (Å²) in [6, 6.07) is 0. The number of aliphatic hydroxyl groups is 1. The van der Waals surface area contributed by atoms with Gasteiger partial charge in [0.05, 0.1) is 6.61 Å². The van der Waals surface area contributed by atoms with Crippen LogP contribution in [0.15, 0.2) is 0 Å². The average molecular weight is 314 g/mol. The summed E-state index contributed by atoms with van der Waals surface area (Å²) in [5.74, 6) is 0.709. The lowest BCUT2D eigenvalue weighted by atomic mass is 9.70. The van der Waals surface area contributed by atoms with E-state index < -0.39 is 6.16 Å². The van der Waals surface area contributed by atoms with Crippen molar-refractivity contribution in [1.82, 2.24) is 0 Å². The van der Waals surface area contributed by atoms with Crippen LogP contribution >= 0.6 is 0 Å². The number of carbonyl (C=O) groups is 1. The molecule has 0 aromatic heterocycles. The Labute approximate surface area is 135 Å². The zero-order chi connectivity index (χ0) is 16.4. The highest BCUT2D eigenvalue weighted by molar-refractivity contribution is 5.60. The van der Waals surface area contributed by atoms with Crippen LogP contribution in [0.4, 0.5) is 4.79 Å². The number of rotatable bonds is 9. The summed E-state index contributed by atoms with van der Waals surface area (Å²) in [6.07, 6.45) is 8.78. The van der Waals surface area contributed by atoms with E-state index in [1.165, 1.54) is 6.42 Å².